The topological polar surface area (TPSA) is 278 Å². The molecule has 17 nitrogen and oxygen atoms in total. The molecule has 2 unspecified atom stereocenters. The zero-order chi connectivity index (χ0) is 63.1. The van der Waals surface area contributed by atoms with E-state index in [1.54, 1.807) is 109 Å². The van der Waals surface area contributed by atoms with Gasteiger partial charge in [0.2, 0.25) is 11.8 Å². The Morgan fingerprint density at radius 2 is 1.00 bits per heavy atom. The van der Waals surface area contributed by atoms with Crippen LogP contribution in [0.4, 0.5) is 41.1 Å². The summed E-state index contributed by atoms with van der Waals surface area (Å²) in [5, 5.41) is 31.1. The van der Waals surface area contributed by atoms with Gasteiger partial charge in [0.25, 0.3) is 0 Å². The maximum absolute atomic E-state index is 15.5. The molecule has 0 spiro atoms. The number of carbonyl (C=O) groups excluding carboxylic acids is 4. The van der Waals surface area contributed by atoms with Crippen LogP contribution in [-0.4, -0.2) is 79.9 Å². The van der Waals surface area contributed by atoms with Gasteiger partial charge in [-0.1, -0.05) is 85.3 Å². The lowest BCUT2D eigenvalue weighted by Crippen LogP contribution is -2.49. The highest BCUT2D eigenvalue weighted by Gasteiger charge is 2.43. The minimum absolute atomic E-state index is 0. The van der Waals surface area contributed by atoms with Crippen molar-refractivity contribution in [1.29, 1.82) is 10.5 Å². The molecule has 10 rings (SSSR count). The summed E-state index contributed by atoms with van der Waals surface area (Å²) in [5.74, 6) is -1.30. The van der Waals surface area contributed by atoms with Crippen LogP contribution in [-0.2, 0) is 31.7 Å². The van der Waals surface area contributed by atoms with Crippen molar-refractivity contribution in [1.82, 2.24) is 14.5 Å². The molecule has 6 aromatic carbocycles. The second-order valence-electron chi connectivity index (χ2n) is 24.3. The number of hydrogen-bond acceptors (Lipinski definition) is 10. The number of urea groups is 2. The first-order valence-corrected chi connectivity index (χ1v) is 31.2. The quantitative estimate of drug-likeness (QED) is 0.0403. The van der Waals surface area contributed by atoms with Crippen molar-refractivity contribution < 1.29 is 32.2 Å². The summed E-state index contributed by atoms with van der Waals surface area (Å²) in [6, 6.07) is 36.9. The molecule has 4 aliphatic rings. The van der Waals surface area contributed by atoms with E-state index in [-0.39, 0.29) is 49.7 Å². The summed E-state index contributed by atoms with van der Waals surface area (Å²) in [6.45, 7) is 5.91. The Balaban J connectivity index is 0.000000230. The van der Waals surface area contributed by atoms with Crippen molar-refractivity contribution in [3.63, 3.8) is 0 Å². The van der Waals surface area contributed by atoms with E-state index in [0.29, 0.717) is 73.9 Å². The molecule has 2 heterocycles. The molecular formula is C66H73Cl3F2N12O5S. The average Bonchev–Trinajstić information content (AvgIpc) is 2.28. The number of nitrogens with two attached hydrogens (primary N) is 3. The largest absolute Gasteiger partial charge is 0.326 e. The smallest absolute Gasteiger partial charge is 0.322 e. The fourth-order valence-electron chi connectivity index (χ4n) is 11.1. The number of nitrogens with zero attached hydrogens (tertiary/aromatic N) is 4. The Kier molecular flexibility index (Phi) is 22.0. The Morgan fingerprint density at radius 3 is 1.45 bits per heavy atom. The highest BCUT2D eigenvalue weighted by atomic mass is 35.5. The van der Waals surface area contributed by atoms with Crippen LogP contribution in [0.3, 0.4) is 0 Å². The lowest BCUT2D eigenvalue weighted by atomic mass is 9.79. The normalized spacial score (nSPS) is 19.6. The maximum Gasteiger partial charge on any atom is 0.322 e. The number of likely N-dealkylation sites (tertiary alicyclic amines) is 2. The SMILES string of the molecule is CC(C)(C)[S@@](=O)NC(CCC1CC1)(c1cccc(C#N)c1)c1ccc(F)c(NC(=O)[C@H]2C[C@H](N)CN2C(=O)Nc2ccc(Cl)cc2)c1.Cl.N#Cc1cccc(C(N)(CCC2CC2)c2ccc(F)c(NC(=O)[C@H]3C[C@H](N)CN3C(=O)Nc3ccc(Cl)cc3)c2)c1. The van der Waals surface area contributed by atoms with Gasteiger partial charge in [0.15, 0.2) is 0 Å². The molecule has 89 heavy (non-hydrogen) atoms. The highest BCUT2D eigenvalue weighted by Crippen LogP contribution is 2.44. The second kappa shape index (κ2) is 29.0. The van der Waals surface area contributed by atoms with E-state index in [2.05, 4.69) is 38.1 Å². The van der Waals surface area contributed by atoms with Gasteiger partial charge in [0, 0.05) is 46.6 Å². The lowest BCUT2D eigenvalue weighted by molar-refractivity contribution is -0.120. The van der Waals surface area contributed by atoms with E-state index < -0.39 is 86.5 Å². The van der Waals surface area contributed by atoms with E-state index in [1.165, 1.54) is 21.9 Å². The standard InChI is InChI=1S/C35H40ClFN6O3S.C31H32ClFN6O2.ClH/c1-34(2,3)47(46)42-35(16-15-22-7-8-22,24-6-4-5-23(17-24)20-38)25-9-14-29(37)30(18-25)41-32(44)31-19-27(39)21-43(31)33(45)40-28-12-10-26(36)11-13-28;32-23-7-9-25(10-8-23)37-30(41)39-18-24(35)16-28(39)29(40)38-27-15-22(6-11-26(27)33)31(36,13-12-19-4-5-19)21-3-1-2-20(14-21)17-34;/h4-6,9-14,17-18,22,27,31,42H,7-8,15-16,19,21,39H2,1-3H3,(H,40,45)(H,41,44);1-3,6-11,14-15,19,24,28H,4-5,12-13,16,18,35-36H2,(H,37,41)(H,38,40);1H/t27-,31+,35?,47+;24-,28+,31?;/m00./s1. The predicted octanol–water partition coefficient (Wildman–Crippen LogP) is 12.1. The van der Waals surface area contributed by atoms with Crippen molar-refractivity contribution in [2.24, 2.45) is 29.0 Å². The summed E-state index contributed by atoms with van der Waals surface area (Å²) in [4.78, 5) is 56.1. The maximum atomic E-state index is 15.5. The molecule has 23 heteroatoms. The van der Waals surface area contributed by atoms with Gasteiger partial charge < -0.3 is 48.3 Å². The van der Waals surface area contributed by atoms with Crippen molar-refractivity contribution in [3.8, 4) is 12.1 Å². The Hall–Kier alpha value is -7.50. The lowest BCUT2D eigenvalue weighted by Gasteiger charge is -2.38. The molecule has 11 N–H and O–H groups in total. The number of carbonyl (C=O) groups is 4. The van der Waals surface area contributed by atoms with E-state index in [9.17, 15) is 33.9 Å². The molecule has 468 valence electrons. The molecule has 6 aromatic rings. The van der Waals surface area contributed by atoms with E-state index >= 15 is 8.78 Å². The molecule has 2 saturated heterocycles. The fourth-order valence-corrected chi connectivity index (χ4v) is 12.3. The second-order valence-corrected chi connectivity index (χ2v) is 27.1. The van der Waals surface area contributed by atoms with E-state index in [0.717, 1.165) is 44.1 Å². The van der Waals surface area contributed by atoms with Crippen LogP contribution in [0.25, 0.3) is 0 Å². The zero-order valence-corrected chi connectivity index (χ0v) is 52.7. The van der Waals surface area contributed by atoms with E-state index in [4.69, 9.17) is 40.4 Å². The number of nitriles is 2. The molecule has 2 aliphatic heterocycles. The molecule has 0 radical (unpaired) electrons. The number of halogens is 5. The van der Waals surface area contributed by atoms with Crippen molar-refractivity contribution in [2.75, 3.05) is 34.4 Å². The fraction of sp³-hybridized carbons (Fsp3) is 0.364. The third-order valence-electron chi connectivity index (χ3n) is 16.5. The average molecular weight is 1290 g/mol. The van der Waals surface area contributed by atoms with Gasteiger partial charge in [0.1, 0.15) is 23.7 Å². The van der Waals surface area contributed by atoms with Crippen LogP contribution in [0.1, 0.15) is 118 Å². The number of nitrogens with one attached hydrogen (secondary N) is 5. The van der Waals surface area contributed by atoms with Gasteiger partial charge in [-0.3, -0.25) is 9.59 Å². The van der Waals surface area contributed by atoms with Gasteiger partial charge in [-0.25, -0.2) is 27.3 Å². The number of hydrogen-bond donors (Lipinski definition) is 8. The Morgan fingerprint density at radius 1 is 0.596 bits per heavy atom. The van der Waals surface area contributed by atoms with Crippen LogP contribution in [0.15, 0.2) is 133 Å². The summed E-state index contributed by atoms with van der Waals surface area (Å²) >= 11 is 11.9. The van der Waals surface area contributed by atoms with Crippen molar-refractivity contribution in [2.45, 2.75) is 125 Å². The first kappa shape index (κ1) is 67.4. The van der Waals surface area contributed by atoms with Crippen LogP contribution in [0.5, 0.6) is 0 Å². The Bertz CT molecular complexity index is 3670. The van der Waals surface area contributed by atoms with Gasteiger partial charge in [-0.05, 0) is 190 Å². The minimum Gasteiger partial charge on any atom is -0.326 e. The number of benzene rings is 6. The van der Waals surface area contributed by atoms with Crippen molar-refractivity contribution >= 4 is 93.2 Å². The Labute approximate surface area is 536 Å². The monoisotopic (exact) mass is 1290 g/mol. The number of amides is 6. The van der Waals surface area contributed by atoms with E-state index in [1.807, 2.05) is 32.9 Å². The van der Waals surface area contributed by atoms with Gasteiger partial charge in [-0.2, -0.15) is 10.5 Å². The summed E-state index contributed by atoms with van der Waals surface area (Å²) in [7, 11) is -1.55. The molecule has 0 bridgehead atoms. The van der Waals surface area contributed by atoms with Crippen LogP contribution in [0.2, 0.25) is 10.0 Å². The van der Waals surface area contributed by atoms with Gasteiger partial charge >= 0.3 is 12.1 Å². The number of rotatable bonds is 18. The van der Waals surface area contributed by atoms with Crippen LogP contribution < -0.4 is 43.2 Å². The van der Waals surface area contributed by atoms with Gasteiger partial charge in [-0.15, -0.1) is 12.4 Å². The third-order valence-corrected chi connectivity index (χ3v) is 18.7. The predicted molar refractivity (Wildman–Crippen MR) is 347 cm³/mol. The molecule has 2 aliphatic carbocycles. The van der Waals surface area contributed by atoms with Crippen LogP contribution >= 0.6 is 35.6 Å². The zero-order valence-electron chi connectivity index (χ0n) is 49.5. The van der Waals surface area contributed by atoms with Gasteiger partial charge in [0.05, 0.1) is 61.5 Å². The first-order valence-electron chi connectivity index (χ1n) is 29.3. The third kappa shape index (κ3) is 16.9. The molecule has 7 atom stereocenters. The first-order chi connectivity index (χ1) is 41.9. The molecule has 4 fully saturated rings. The molecule has 0 aromatic heterocycles. The minimum atomic E-state index is -1.55. The van der Waals surface area contributed by atoms with Crippen molar-refractivity contribution in [3.05, 3.63) is 189 Å². The summed E-state index contributed by atoms with van der Waals surface area (Å²) < 4.78 is 47.1. The number of anilines is 4. The highest BCUT2D eigenvalue weighted by molar-refractivity contribution is 7.84. The summed E-state index contributed by atoms with van der Waals surface area (Å²) in [6.07, 6.45) is 7.79. The van der Waals surface area contributed by atoms with Crippen LogP contribution in [0, 0.1) is 46.1 Å². The molecule has 2 saturated carbocycles. The molecular weight excluding hydrogens is 1220 g/mol. The molecule has 6 amide bonds. The summed E-state index contributed by atoms with van der Waals surface area (Å²) in [5.41, 5.74) is 21.8.